The molecule has 2 unspecified atom stereocenters. The van der Waals surface area contributed by atoms with Crippen LogP contribution in [0.4, 0.5) is 11.9 Å². The summed E-state index contributed by atoms with van der Waals surface area (Å²) in [6.45, 7) is 5.38. The van der Waals surface area contributed by atoms with Crippen molar-refractivity contribution in [2.45, 2.75) is 39.2 Å². The zero-order valence-corrected chi connectivity index (χ0v) is 11.8. The Labute approximate surface area is 113 Å². The van der Waals surface area contributed by atoms with E-state index in [1.165, 1.54) is 20.0 Å². The van der Waals surface area contributed by atoms with Crippen molar-refractivity contribution in [3.8, 4) is 6.01 Å². The fourth-order valence-electron chi connectivity index (χ4n) is 2.42. The molecule has 0 aromatic carbocycles. The van der Waals surface area contributed by atoms with E-state index in [2.05, 4.69) is 39.1 Å². The van der Waals surface area contributed by atoms with Crippen molar-refractivity contribution in [2.24, 2.45) is 11.8 Å². The van der Waals surface area contributed by atoms with Crippen LogP contribution in [0.3, 0.4) is 0 Å². The Morgan fingerprint density at radius 1 is 1.37 bits per heavy atom. The molecule has 1 aromatic heterocycles. The summed E-state index contributed by atoms with van der Waals surface area (Å²) in [5.74, 6) is 7.03. The molecule has 0 bridgehead atoms. The molecule has 1 aromatic rings. The van der Waals surface area contributed by atoms with Gasteiger partial charge in [0, 0.05) is 12.6 Å². The molecule has 1 aliphatic rings. The van der Waals surface area contributed by atoms with Crippen LogP contribution in [-0.4, -0.2) is 34.6 Å². The Kier molecular flexibility index (Phi) is 4.36. The average Bonchev–Trinajstić information content (AvgIpc) is 2.47. The molecule has 19 heavy (non-hydrogen) atoms. The van der Waals surface area contributed by atoms with Gasteiger partial charge < -0.3 is 9.64 Å². The van der Waals surface area contributed by atoms with Crippen molar-refractivity contribution in [1.82, 2.24) is 15.0 Å². The minimum absolute atomic E-state index is 0.281. The molecule has 7 nitrogen and oxygen atoms in total. The highest BCUT2D eigenvalue weighted by Gasteiger charge is 2.27. The second-order valence-electron chi connectivity index (χ2n) is 4.94. The number of nitrogens with one attached hydrogen (secondary N) is 1. The van der Waals surface area contributed by atoms with E-state index >= 15 is 0 Å². The highest BCUT2D eigenvalue weighted by molar-refractivity contribution is 5.39. The highest BCUT2D eigenvalue weighted by atomic mass is 16.5. The van der Waals surface area contributed by atoms with Gasteiger partial charge >= 0.3 is 6.01 Å². The minimum Gasteiger partial charge on any atom is -0.467 e. The molecule has 0 amide bonds. The predicted octanol–water partition coefficient (Wildman–Crippen LogP) is 1.18. The first-order chi connectivity index (χ1) is 9.17. The van der Waals surface area contributed by atoms with Gasteiger partial charge in [-0.25, -0.2) is 5.84 Å². The van der Waals surface area contributed by atoms with E-state index in [0.29, 0.717) is 23.9 Å². The zero-order chi connectivity index (χ0) is 13.8. The smallest absolute Gasteiger partial charge is 0.322 e. The number of anilines is 2. The van der Waals surface area contributed by atoms with Gasteiger partial charge in [-0.3, -0.25) is 5.43 Å². The summed E-state index contributed by atoms with van der Waals surface area (Å²) in [6, 6.07) is 0.698. The van der Waals surface area contributed by atoms with Gasteiger partial charge in [-0.05, 0) is 25.7 Å². The molecule has 2 atom stereocenters. The monoisotopic (exact) mass is 266 g/mol. The van der Waals surface area contributed by atoms with E-state index in [0.717, 1.165) is 13.0 Å². The normalized spacial score (nSPS) is 23.3. The van der Waals surface area contributed by atoms with Gasteiger partial charge in [0.15, 0.2) is 0 Å². The van der Waals surface area contributed by atoms with Gasteiger partial charge in [0.05, 0.1) is 7.11 Å². The lowest BCUT2D eigenvalue weighted by atomic mass is 9.92. The number of nitrogen functional groups attached to an aromatic ring is 1. The number of hydrazine groups is 1. The van der Waals surface area contributed by atoms with Crippen molar-refractivity contribution in [3.05, 3.63) is 0 Å². The maximum absolute atomic E-state index is 5.38. The fraction of sp³-hybridized carbons (Fsp3) is 0.750. The molecule has 2 rings (SSSR count). The molecule has 7 heteroatoms. The van der Waals surface area contributed by atoms with Crippen LogP contribution in [0.5, 0.6) is 6.01 Å². The summed E-state index contributed by atoms with van der Waals surface area (Å²) in [7, 11) is 1.54. The predicted molar refractivity (Wildman–Crippen MR) is 74.0 cm³/mol. The van der Waals surface area contributed by atoms with Gasteiger partial charge in [0.1, 0.15) is 0 Å². The summed E-state index contributed by atoms with van der Waals surface area (Å²) < 4.78 is 5.09. The fourth-order valence-corrected chi connectivity index (χ4v) is 2.42. The van der Waals surface area contributed by atoms with Gasteiger partial charge in [-0.15, -0.1) is 0 Å². The summed E-state index contributed by atoms with van der Waals surface area (Å²) in [5.41, 5.74) is 2.45. The zero-order valence-electron chi connectivity index (χ0n) is 11.8. The molecule has 0 saturated carbocycles. The molecule has 106 valence electrons. The quantitative estimate of drug-likeness (QED) is 0.624. The lowest BCUT2D eigenvalue weighted by Crippen LogP contribution is -2.42. The lowest BCUT2D eigenvalue weighted by molar-refractivity contribution is 0.349. The third-order valence-electron chi connectivity index (χ3n) is 3.73. The molecular formula is C12H22N6O. The number of aromatic nitrogens is 3. The third-order valence-corrected chi connectivity index (χ3v) is 3.73. The highest BCUT2D eigenvalue weighted by Crippen LogP contribution is 2.28. The number of ether oxygens (including phenoxy) is 1. The summed E-state index contributed by atoms with van der Waals surface area (Å²) in [5, 5.41) is 0. The molecule has 0 spiro atoms. The first kappa shape index (κ1) is 13.8. The van der Waals surface area contributed by atoms with Crippen molar-refractivity contribution < 1.29 is 4.74 Å². The van der Waals surface area contributed by atoms with E-state index in [1.807, 2.05) is 0 Å². The molecule has 1 aliphatic heterocycles. The first-order valence-corrected chi connectivity index (χ1v) is 6.71. The summed E-state index contributed by atoms with van der Waals surface area (Å²) >= 11 is 0. The molecule has 0 radical (unpaired) electrons. The van der Waals surface area contributed by atoms with Crippen LogP contribution in [0.2, 0.25) is 0 Å². The van der Waals surface area contributed by atoms with E-state index in [9.17, 15) is 0 Å². The van der Waals surface area contributed by atoms with E-state index < -0.39 is 0 Å². The largest absolute Gasteiger partial charge is 0.467 e. The lowest BCUT2D eigenvalue weighted by Gasteiger charge is -2.37. The Morgan fingerprint density at radius 3 is 2.79 bits per heavy atom. The topological polar surface area (TPSA) is 89.2 Å². The van der Waals surface area contributed by atoms with Crippen LogP contribution in [0.15, 0.2) is 0 Å². The van der Waals surface area contributed by atoms with Gasteiger partial charge in [0.2, 0.25) is 11.9 Å². The summed E-state index contributed by atoms with van der Waals surface area (Å²) in [4.78, 5) is 14.9. The maximum atomic E-state index is 5.38. The van der Waals surface area contributed by atoms with Crippen molar-refractivity contribution in [2.75, 3.05) is 24.0 Å². The number of nitrogens with zero attached hydrogens (tertiary/aromatic N) is 4. The van der Waals surface area contributed by atoms with E-state index in [4.69, 9.17) is 10.6 Å². The summed E-state index contributed by atoms with van der Waals surface area (Å²) in [6.07, 6.45) is 3.59. The Bertz CT molecular complexity index is 404. The van der Waals surface area contributed by atoms with Crippen molar-refractivity contribution >= 4 is 11.9 Å². The van der Waals surface area contributed by atoms with Crippen LogP contribution in [0, 0.1) is 5.92 Å². The Balaban J connectivity index is 2.27. The average molecular weight is 266 g/mol. The molecule has 1 saturated heterocycles. The Morgan fingerprint density at radius 2 is 2.16 bits per heavy atom. The molecular weight excluding hydrogens is 244 g/mol. The standard InChI is InChI=1S/C12H22N6O/c1-4-9-6-5-8(2)18(7-9)11-14-10(17-13)15-12(16-11)19-3/h8-9H,4-7,13H2,1-3H3,(H,14,15,16,17). The van der Waals surface area contributed by atoms with Crippen LogP contribution in [0.1, 0.15) is 33.1 Å². The van der Waals surface area contributed by atoms with Crippen molar-refractivity contribution in [1.29, 1.82) is 0 Å². The van der Waals surface area contributed by atoms with Crippen LogP contribution < -0.4 is 20.9 Å². The van der Waals surface area contributed by atoms with Crippen molar-refractivity contribution in [3.63, 3.8) is 0 Å². The number of methoxy groups -OCH3 is 1. The second kappa shape index (κ2) is 6.01. The van der Waals surface area contributed by atoms with Gasteiger partial charge in [-0.2, -0.15) is 15.0 Å². The molecule has 2 heterocycles. The van der Waals surface area contributed by atoms with E-state index in [-0.39, 0.29) is 6.01 Å². The van der Waals surface area contributed by atoms with Crippen LogP contribution >= 0.6 is 0 Å². The van der Waals surface area contributed by atoms with E-state index in [1.54, 1.807) is 0 Å². The number of hydrogen-bond donors (Lipinski definition) is 2. The van der Waals surface area contributed by atoms with Gasteiger partial charge in [-0.1, -0.05) is 13.3 Å². The SMILES string of the molecule is CCC1CCC(C)N(c2nc(NN)nc(OC)n2)C1. The molecule has 1 fully saturated rings. The third kappa shape index (κ3) is 3.04. The minimum atomic E-state index is 0.281. The van der Waals surface area contributed by atoms with Crippen LogP contribution in [-0.2, 0) is 0 Å². The molecule has 0 aliphatic carbocycles. The number of rotatable bonds is 4. The number of hydrogen-bond acceptors (Lipinski definition) is 7. The number of nitrogens with two attached hydrogens (primary N) is 1. The second-order valence-corrected chi connectivity index (χ2v) is 4.94. The Hall–Kier alpha value is -1.63. The molecule has 3 N–H and O–H groups in total. The van der Waals surface area contributed by atoms with Gasteiger partial charge in [0.25, 0.3) is 0 Å². The number of piperidine rings is 1. The van der Waals surface area contributed by atoms with Crippen LogP contribution in [0.25, 0.3) is 0 Å². The first-order valence-electron chi connectivity index (χ1n) is 6.71. The maximum Gasteiger partial charge on any atom is 0.322 e.